The molecular formula is C80H64N5Pt-3. The van der Waals surface area contributed by atoms with Crippen LogP contribution in [0.2, 0.25) is 0 Å². The Bertz CT molecular complexity index is 4800. The summed E-state index contributed by atoms with van der Waals surface area (Å²) in [6.45, 7) is 12.5. The van der Waals surface area contributed by atoms with Gasteiger partial charge in [-0.1, -0.05) is 257 Å². The molecule has 11 aromatic carbocycles. The van der Waals surface area contributed by atoms with Crippen LogP contribution in [0.4, 0.5) is 57.0 Å². The Morgan fingerprint density at radius 2 is 1.07 bits per heavy atom. The average molecular weight is 1300 g/mol. The normalized spacial score (nSPS) is 13.7. The van der Waals surface area contributed by atoms with Gasteiger partial charge in [-0.3, -0.25) is 0 Å². The standard InChI is InChI=1S/C80H64N5.Pt/c1-55(2)46-61-48-78(81-53-73(61)58-30-14-8-15-31-58)85-74-41-21-20-38-71(74)69-36-18-19-37-70(69)72-45-44-64(52-77(72)85)84(63-34-16-9-17-35-63)66-50-62(80(3,4)5)49-65(51-66)82-54-83(76-43-23-22-42-75(76)82)79-67(57-28-12-7-13-29-57)39-25-40-68(79)60-33-24-32-59(47-60)56-26-10-6-11-27-56;/h6-45,47-50,53-55H,46H2,1-5H3;/q-3;/i7D,12D,13D,28D,29D,46D2;. The predicted molar refractivity (Wildman–Crippen MR) is 356 cm³/mol. The smallest absolute Gasteiger partial charge is 0.135 e. The van der Waals surface area contributed by atoms with E-state index in [1.165, 1.54) is 0 Å². The zero-order valence-electron chi connectivity index (χ0n) is 55.3. The molecule has 422 valence electrons. The number of hydrogen-bond donors (Lipinski definition) is 0. The van der Waals surface area contributed by atoms with Crippen molar-refractivity contribution in [1.82, 2.24) is 4.98 Å². The maximum Gasteiger partial charge on any atom is 0.135 e. The van der Waals surface area contributed by atoms with Gasteiger partial charge in [0.05, 0.1) is 12.5 Å². The fourth-order valence-corrected chi connectivity index (χ4v) is 11.9. The number of fused-ring (bicyclic) bond motifs is 6. The van der Waals surface area contributed by atoms with Gasteiger partial charge in [0.1, 0.15) is 5.82 Å². The molecule has 0 atom stereocenters. The van der Waals surface area contributed by atoms with Crippen LogP contribution in [0.25, 0.3) is 66.8 Å². The molecule has 0 bridgehead atoms. The summed E-state index contributed by atoms with van der Waals surface area (Å²) in [6.07, 6.45) is 0.0818. The minimum absolute atomic E-state index is 0. The number of nitrogens with zero attached hydrogens (tertiary/aromatic N) is 5. The van der Waals surface area contributed by atoms with Gasteiger partial charge >= 0.3 is 0 Å². The van der Waals surface area contributed by atoms with E-state index < -0.39 is 24.5 Å². The maximum atomic E-state index is 9.70. The predicted octanol–water partition coefficient (Wildman–Crippen LogP) is 21.8. The number of hydrogen-bond acceptors (Lipinski definition) is 5. The first-order chi connectivity index (χ1) is 44.5. The Kier molecular flexibility index (Phi) is 13.0. The zero-order valence-corrected chi connectivity index (χ0v) is 50.6. The van der Waals surface area contributed by atoms with E-state index >= 15 is 0 Å². The molecule has 0 spiro atoms. The van der Waals surface area contributed by atoms with E-state index in [2.05, 4.69) is 174 Å². The molecule has 0 saturated carbocycles. The summed E-state index contributed by atoms with van der Waals surface area (Å²) in [5, 5.41) is 0. The van der Waals surface area contributed by atoms with Gasteiger partial charge in [-0.2, -0.15) is 6.07 Å². The van der Waals surface area contributed by atoms with Crippen molar-refractivity contribution in [3.05, 3.63) is 303 Å². The van der Waals surface area contributed by atoms with Gasteiger partial charge in [-0.25, -0.2) is 4.98 Å². The molecule has 5 nitrogen and oxygen atoms in total. The maximum absolute atomic E-state index is 9.70. The van der Waals surface area contributed by atoms with Gasteiger partial charge in [0.2, 0.25) is 0 Å². The Morgan fingerprint density at radius 3 is 1.77 bits per heavy atom. The molecule has 0 fully saturated rings. The monoisotopic (exact) mass is 1300 g/mol. The van der Waals surface area contributed by atoms with E-state index in [1.807, 2.05) is 142 Å². The Balaban J connectivity index is 0.00000787. The first-order valence-corrected chi connectivity index (χ1v) is 28.9. The van der Waals surface area contributed by atoms with Crippen LogP contribution >= 0.6 is 0 Å². The van der Waals surface area contributed by atoms with Gasteiger partial charge in [0.25, 0.3) is 0 Å². The van der Waals surface area contributed by atoms with Crippen molar-refractivity contribution in [3.8, 4) is 66.8 Å². The summed E-state index contributed by atoms with van der Waals surface area (Å²) in [6, 6.07) is 86.1. The van der Waals surface area contributed by atoms with Crippen molar-refractivity contribution < 1.29 is 30.7 Å². The Labute approximate surface area is 531 Å². The van der Waals surface area contributed by atoms with Gasteiger partial charge in [-0.15, -0.1) is 53.8 Å². The molecule has 2 aliphatic heterocycles. The van der Waals surface area contributed by atoms with Crippen molar-refractivity contribution in [2.45, 2.75) is 46.4 Å². The molecule has 6 heteroatoms. The van der Waals surface area contributed by atoms with Crippen LogP contribution in [-0.2, 0) is 32.9 Å². The topological polar surface area (TPSA) is 25.9 Å². The molecule has 3 heterocycles. The number of benzene rings is 11. The van der Waals surface area contributed by atoms with Crippen molar-refractivity contribution in [1.29, 1.82) is 0 Å². The van der Waals surface area contributed by atoms with Crippen LogP contribution < -0.4 is 19.6 Å². The molecular weight excluding hydrogens is 1230 g/mol. The zero-order chi connectivity index (χ0) is 63.7. The third kappa shape index (κ3) is 10.5. The van der Waals surface area contributed by atoms with Gasteiger partial charge in [0.15, 0.2) is 0 Å². The summed E-state index contributed by atoms with van der Waals surface area (Å²) < 4.78 is 64.6. The molecule has 0 saturated heterocycles. The summed E-state index contributed by atoms with van der Waals surface area (Å²) in [4.78, 5) is 13.9. The Hall–Kier alpha value is -9.54. The van der Waals surface area contributed by atoms with Crippen molar-refractivity contribution in [2.75, 3.05) is 19.6 Å². The first kappa shape index (κ1) is 47.8. The second kappa shape index (κ2) is 23.5. The fourth-order valence-electron chi connectivity index (χ4n) is 11.9. The van der Waals surface area contributed by atoms with Crippen LogP contribution in [0, 0.1) is 24.7 Å². The van der Waals surface area contributed by atoms with E-state index in [-0.39, 0.29) is 50.0 Å². The summed E-state index contributed by atoms with van der Waals surface area (Å²) >= 11 is 0. The molecule has 1 aromatic heterocycles. The second-order valence-electron chi connectivity index (χ2n) is 22.8. The van der Waals surface area contributed by atoms with Gasteiger partial charge in [-0.05, 0) is 99.1 Å². The van der Waals surface area contributed by atoms with E-state index in [9.17, 15) is 5.48 Å². The van der Waals surface area contributed by atoms with Gasteiger partial charge < -0.3 is 19.6 Å². The largest absolute Gasteiger partial charge is 0.493 e. The fraction of sp³-hybridized carbons (Fsp3) is 0.100. The first-order valence-electron chi connectivity index (χ1n) is 32.4. The quantitative estimate of drug-likeness (QED) is 0.114. The van der Waals surface area contributed by atoms with Crippen molar-refractivity contribution in [3.63, 3.8) is 0 Å². The molecule has 0 unspecified atom stereocenters. The summed E-state index contributed by atoms with van der Waals surface area (Å²) in [7, 11) is 0. The number of pyridine rings is 1. The number of rotatable bonds is 12. The van der Waals surface area contributed by atoms with Crippen molar-refractivity contribution >= 4 is 57.0 Å². The van der Waals surface area contributed by atoms with E-state index in [0.717, 1.165) is 101 Å². The number of para-hydroxylation sites is 5. The average Bonchev–Trinajstić information content (AvgIpc) is 1.68. The van der Waals surface area contributed by atoms with Crippen LogP contribution in [-0.4, -0.2) is 4.98 Å². The van der Waals surface area contributed by atoms with E-state index in [0.29, 0.717) is 28.3 Å². The minimum Gasteiger partial charge on any atom is -0.493 e. The molecule has 0 aliphatic carbocycles. The van der Waals surface area contributed by atoms with Crippen molar-refractivity contribution in [2.24, 2.45) is 5.92 Å². The van der Waals surface area contributed by atoms with E-state index in [1.54, 1.807) is 0 Å². The third-order valence-corrected chi connectivity index (χ3v) is 15.9. The van der Waals surface area contributed by atoms with Gasteiger partial charge in [0, 0.05) is 75.0 Å². The molecule has 14 rings (SSSR count). The molecule has 2 aliphatic rings. The molecule has 0 radical (unpaired) electrons. The van der Waals surface area contributed by atoms with Crippen LogP contribution in [0.1, 0.15) is 55.3 Å². The number of anilines is 10. The molecule has 12 aromatic rings. The van der Waals surface area contributed by atoms with Crippen LogP contribution in [0.3, 0.4) is 0 Å². The minimum atomic E-state index is -1.74. The third-order valence-electron chi connectivity index (χ3n) is 15.9. The molecule has 0 amide bonds. The molecule has 0 N–H and O–H groups in total. The number of aromatic nitrogens is 1. The molecule has 86 heavy (non-hydrogen) atoms. The van der Waals surface area contributed by atoms with Crippen LogP contribution in [0.15, 0.2) is 273 Å². The SMILES string of the molecule is [2H]c1c([2H])c([2H])c(-c2cccc(-c3cccc(-c4ccccc4)c3)c2N2[CH-]N(c3[c-]c(N(c4[c-]c5c(cc4)-c4ccccc4-c4ccccc4N5c4cc(C([2H])([2H])C(C)C)c(-c5ccccc5)cn4)c4ccccc4)cc(C(C)(C)C)c3)c3ccccc32)c([2H])c1[2H].[Pt]. The summed E-state index contributed by atoms with van der Waals surface area (Å²) in [5.74, 6) is 0.181. The van der Waals surface area contributed by atoms with Crippen LogP contribution in [0.5, 0.6) is 0 Å². The summed E-state index contributed by atoms with van der Waals surface area (Å²) in [5.41, 5.74) is 17.9. The Morgan fingerprint density at radius 1 is 0.500 bits per heavy atom. The second-order valence-corrected chi connectivity index (χ2v) is 22.8. The van der Waals surface area contributed by atoms with E-state index in [4.69, 9.17) is 9.10 Å².